The van der Waals surface area contributed by atoms with Crippen molar-refractivity contribution in [2.45, 2.75) is 18.7 Å². The summed E-state index contributed by atoms with van der Waals surface area (Å²) < 4.78 is 51.2. The Balaban J connectivity index is 2.47. The van der Waals surface area contributed by atoms with E-state index in [0.717, 1.165) is 6.07 Å². The van der Waals surface area contributed by atoms with Gasteiger partial charge >= 0.3 is 0 Å². The molecule has 0 saturated heterocycles. The highest BCUT2D eigenvalue weighted by Gasteiger charge is 2.21. The van der Waals surface area contributed by atoms with Gasteiger partial charge in [-0.05, 0) is 49.7 Å². The summed E-state index contributed by atoms with van der Waals surface area (Å²) in [6, 6.07) is 6.72. The molecular formula is C16H18FNO4S. The van der Waals surface area contributed by atoms with E-state index in [-0.39, 0.29) is 10.6 Å². The zero-order chi connectivity index (χ0) is 17.2. The van der Waals surface area contributed by atoms with Gasteiger partial charge in [0, 0.05) is 5.56 Å². The maximum atomic E-state index is 13.2. The fraction of sp³-hybridized carbons (Fsp3) is 0.250. The Labute approximate surface area is 135 Å². The fourth-order valence-corrected chi connectivity index (χ4v) is 3.64. The van der Waals surface area contributed by atoms with Gasteiger partial charge in [0.1, 0.15) is 17.3 Å². The van der Waals surface area contributed by atoms with E-state index in [1.807, 2.05) is 0 Å². The van der Waals surface area contributed by atoms with E-state index >= 15 is 0 Å². The number of halogens is 1. The van der Waals surface area contributed by atoms with Crippen LogP contribution in [0, 0.1) is 19.7 Å². The first-order valence-electron chi connectivity index (χ1n) is 6.80. The molecule has 0 amide bonds. The van der Waals surface area contributed by atoms with Crippen LogP contribution < -0.4 is 14.2 Å². The maximum absolute atomic E-state index is 13.2. The number of nitrogens with one attached hydrogen (secondary N) is 1. The van der Waals surface area contributed by atoms with Gasteiger partial charge in [-0.25, -0.2) is 12.8 Å². The average Bonchev–Trinajstić information content (AvgIpc) is 2.47. The molecule has 1 N–H and O–H groups in total. The van der Waals surface area contributed by atoms with Crippen LogP contribution in [-0.4, -0.2) is 22.6 Å². The minimum atomic E-state index is -3.87. The Morgan fingerprint density at radius 3 is 2.30 bits per heavy atom. The van der Waals surface area contributed by atoms with Crippen LogP contribution in [0.4, 0.5) is 10.1 Å². The zero-order valence-corrected chi connectivity index (χ0v) is 14.1. The molecule has 0 unspecified atom stereocenters. The standard InChI is InChI=1S/C16H18FNO4S/c1-10-9-12(17)5-8-15(10)23(19,20)18-13-6-7-14(21-3)11(2)16(13)22-4/h5-9,18H,1-4H3. The first-order valence-corrected chi connectivity index (χ1v) is 8.29. The number of anilines is 1. The van der Waals surface area contributed by atoms with E-state index < -0.39 is 15.8 Å². The lowest BCUT2D eigenvalue weighted by molar-refractivity contribution is 0.390. The highest BCUT2D eigenvalue weighted by molar-refractivity contribution is 7.92. The van der Waals surface area contributed by atoms with Crippen LogP contribution in [0.1, 0.15) is 11.1 Å². The summed E-state index contributed by atoms with van der Waals surface area (Å²) in [5, 5.41) is 0. The molecule has 0 aliphatic heterocycles. The molecule has 7 heteroatoms. The van der Waals surface area contributed by atoms with Crippen LogP contribution in [0.15, 0.2) is 35.2 Å². The van der Waals surface area contributed by atoms with Crippen LogP contribution in [0.2, 0.25) is 0 Å². The second kappa shape index (κ2) is 6.45. The molecule has 0 atom stereocenters. The molecule has 2 aromatic carbocycles. The van der Waals surface area contributed by atoms with Crippen molar-refractivity contribution in [3.05, 3.63) is 47.3 Å². The Bertz CT molecular complexity index is 834. The first-order chi connectivity index (χ1) is 10.8. The van der Waals surface area contributed by atoms with E-state index in [0.29, 0.717) is 22.6 Å². The molecule has 0 heterocycles. The van der Waals surface area contributed by atoms with Crippen molar-refractivity contribution in [1.82, 2.24) is 0 Å². The van der Waals surface area contributed by atoms with Gasteiger partial charge in [-0.1, -0.05) is 0 Å². The van der Waals surface area contributed by atoms with Gasteiger partial charge in [0.15, 0.2) is 0 Å². The molecule has 2 aromatic rings. The van der Waals surface area contributed by atoms with Crippen molar-refractivity contribution >= 4 is 15.7 Å². The molecule has 0 fully saturated rings. The minimum Gasteiger partial charge on any atom is -0.496 e. The number of benzene rings is 2. The summed E-state index contributed by atoms with van der Waals surface area (Å²) in [7, 11) is -0.899. The number of hydrogen-bond acceptors (Lipinski definition) is 4. The van der Waals surface area contributed by atoms with Crippen LogP contribution in [0.5, 0.6) is 11.5 Å². The van der Waals surface area contributed by atoms with Gasteiger partial charge in [-0.2, -0.15) is 0 Å². The molecule has 0 aliphatic carbocycles. The highest BCUT2D eigenvalue weighted by Crippen LogP contribution is 2.36. The summed E-state index contributed by atoms with van der Waals surface area (Å²) in [4.78, 5) is 0.00873. The molecule has 0 aromatic heterocycles. The number of ether oxygens (including phenoxy) is 2. The number of methoxy groups -OCH3 is 2. The van der Waals surface area contributed by atoms with E-state index in [4.69, 9.17) is 9.47 Å². The third-order valence-electron chi connectivity index (χ3n) is 3.45. The SMILES string of the molecule is COc1ccc(NS(=O)(=O)c2ccc(F)cc2C)c(OC)c1C. The highest BCUT2D eigenvalue weighted by atomic mass is 32.2. The van der Waals surface area contributed by atoms with Crippen molar-refractivity contribution in [2.75, 3.05) is 18.9 Å². The number of rotatable bonds is 5. The minimum absolute atomic E-state index is 0.00873. The molecule has 0 bridgehead atoms. The fourth-order valence-electron chi connectivity index (χ4n) is 2.35. The Hall–Kier alpha value is -2.28. The van der Waals surface area contributed by atoms with Gasteiger partial charge in [0.25, 0.3) is 10.0 Å². The summed E-state index contributed by atoms with van der Waals surface area (Å²) in [5.41, 5.74) is 1.28. The van der Waals surface area contributed by atoms with E-state index in [9.17, 15) is 12.8 Å². The first kappa shape index (κ1) is 17.1. The van der Waals surface area contributed by atoms with Gasteiger partial charge in [0.2, 0.25) is 0 Å². The van der Waals surface area contributed by atoms with Crippen LogP contribution in [-0.2, 0) is 10.0 Å². The van der Waals surface area contributed by atoms with Crippen molar-refractivity contribution in [3.8, 4) is 11.5 Å². The topological polar surface area (TPSA) is 64.6 Å². The van der Waals surface area contributed by atoms with Crippen molar-refractivity contribution in [1.29, 1.82) is 0 Å². The molecule has 0 spiro atoms. The normalized spacial score (nSPS) is 11.2. The van der Waals surface area contributed by atoms with E-state index in [1.165, 1.54) is 33.3 Å². The second-order valence-corrected chi connectivity index (χ2v) is 6.64. The lowest BCUT2D eigenvalue weighted by atomic mass is 10.2. The van der Waals surface area contributed by atoms with Gasteiger partial charge < -0.3 is 9.47 Å². The molecule has 2 rings (SSSR count). The average molecular weight is 339 g/mol. The van der Waals surface area contributed by atoms with Gasteiger partial charge in [-0.15, -0.1) is 0 Å². The predicted octanol–water partition coefficient (Wildman–Crippen LogP) is 3.26. The number of sulfonamides is 1. The maximum Gasteiger partial charge on any atom is 0.262 e. The van der Waals surface area contributed by atoms with Crippen LogP contribution >= 0.6 is 0 Å². The largest absolute Gasteiger partial charge is 0.496 e. The lowest BCUT2D eigenvalue weighted by Crippen LogP contribution is -2.15. The van der Waals surface area contributed by atoms with Crippen LogP contribution in [0.25, 0.3) is 0 Å². The second-order valence-electron chi connectivity index (χ2n) is 4.99. The third-order valence-corrected chi connectivity index (χ3v) is 4.98. The molecule has 0 radical (unpaired) electrons. The van der Waals surface area contributed by atoms with Crippen LogP contribution in [0.3, 0.4) is 0 Å². The number of hydrogen-bond donors (Lipinski definition) is 1. The predicted molar refractivity (Wildman–Crippen MR) is 86.2 cm³/mol. The molecule has 0 saturated carbocycles. The Kier molecular flexibility index (Phi) is 4.79. The Morgan fingerprint density at radius 2 is 1.74 bits per heavy atom. The third kappa shape index (κ3) is 3.39. The summed E-state index contributed by atoms with van der Waals surface area (Å²) in [6.07, 6.45) is 0. The molecular weight excluding hydrogens is 321 g/mol. The monoisotopic (exact) mass is 339 g/mol. The molecule has 0 aliphatic rings. The molecule has 5 nitrogen and oxygen atoms in total. The summed E-state index contributed by atoms with van der Waals surface area (Å²) in [6.45, 7) is 3.30. The summed E-state index contributed by atoms with van der Waals surface area (Å²) in [5.74, 6) is 0.467. The van der Waals surface area contributed by atoms with Gasteiger partial charge in [-0.3, -0.25) is 4.72 Å². The quantitative estimate of drug-likeness (QED) is 0.908. The van der Waals surface area contributed by atoms with Crippen molar-refractivity contribution < 1.29 is 22.3 Å². The van der Waals surface area contributed by atoms with Crippen molar-refractivity contribution in [3.63, 3.8) is 0 Å². The zero-order valence-electron chi connectivity index (χ0n) is 13.3. The lowest BCUT2D eigenvalue weighted by Gasteiger charge is -2.16. The van der Waals surface area contributed by atoms with Gasteiger partial charge in [0.05, 0.1) is 24.8 Å². The van der Waals surface area contributed by atoms with E-state index in [1.54, 1.807) is 19.1 Å². The molecule has 124 valence electrons. The smallest absolute Gasteiger partial charge is 0.262 e. The van der Waals surface area contributed by atoms with Crippen molar-refractivity contribution in [2.24, 2.45) is 0 Å². The Morgan fingerprint density at radius 1 is 1.04 bits per heavy atom. The number of aryl methyl sites for hydroxylation is 1. The summed E-state index contributed by atoms with van der Waals surface area (Å²) >= 11 is 0. The van der Waals surface area contributed by atoms with E-state index in [2.05, 4.69) is 4.72 Å². The molecule has 23 heavy (non-hydrogen) atoms.